The van der Waals surface area contributed by atoms with E-state index in [1.54, 1.807) is 0 Å². The first kappa shape index (κ1) is 23.6. The highest BCUT2D eigenvalue weighted by Gasteiger charge is 2.09. The predicted octanol–water partition coefficient (Wildman–Crippen LogP) is 6.29. The van der Waals surface area contributed by atoms with E-state index in [1.165, 1.54) is 44.8 Å². The Morgan fingerprint density at radius 2 is 1.04 bits per heavy atom. The van der Waals surface area contributed by atoms with E-state index in [0.29, 0.717) is 6.04 Å². The molecule has 0 aromatic heterocycles. The minimum absolute atomic E-state index is 0. The molecule has 0 bridgehead atoms. The number of benzene rings is 2. The highest BCUT2D eigenvalue weighted by molar-refractivity contribution is 5.85. The van der Waals surface area contributed by atoms with Gasteiger partial charge in [0.2, 0.25) is 0 Å². The van der Waals surface area contributed by atoms with Crippen molar-refractivity contribution in [3.05, 3.63) is 57.6 Å². The molecule has 2 aromatic carbocycles. The van der Waals surface area contributed by atoms with Gasteiger partial charge in [-0.2, -0.15) is 0 Å². The molecule has 4 heteroatoms. The van der Waals surface area contributed by atoms with Gasteiger partial charge in [0.15, 0.2) is 0 Å². The van der Waals surface area contributed by atoms with E-state index in [0.717, 1.165) is 6.54 Å². The second-order valence-corrected chi connectivity index (χ2v) is 6.97. The van der Waals surface area contributed by atoms with Gasteiger partial charge in [-0.15, -0.1) is 24.8 Å². The Hall–Kier alpha value is -1.38. The molecule has 0 heterocycles. The molecule has 0 saturated carbocycles. The average Bonchev–Trinajstić information content (AvgIpc) is 2.41. The summed E-state index contributed by atoms with van der Waals surface area (Å²) in [7, 11) is 0. The van der Waals surface area contributed by atoms with Gasteiger partial charge in [0.05, 0.1) is 0 Å². The molecule has 0 saturated heterocycles. The van der Waals surface area contributed by atoms with Crippen LogP contribution in [-0.2, 0) is 0 Å². The molecular formula is C21H32Cl2N2. The number of rotatable bonds is 5. The molecular weight excluding hydrogens is 351 g/mol. The molecule has 1 atom stereocenters. The third-order valence-corrected chi connectivity index (χ3v) is 4.33. The molecule has 0 aliphatic rings. The van der Waals surface area contributed by atoms with E-state index in [9.17, 15) is 0 Å². The second-order valence-electron chi connectivity index (χ2n) is 6.97. The summed E-state index contributed by atoms with van der Waals surface area (Å²) in [6.45, 7) is 16.1. The van der Waals surface area contributed by atoms with Crippen molar-refractivity contribution in [2.45, 2.75) is 54.5 Å². The van der Waals surface area contributed by atoms with Crippen LogP contribution in [-0.4, -0.2) is 12.6 Å². The zero-order chi connectivity index (χ0) is 17.1. The summed E-state index contributed by atoms with van der Waals surface area (Å²) >= 11 is 0. The Morgan fingerprint density at radius 1 is 0.680 bits per heavy atom. The first-order chi connectivity index (χ1) is 10.8. The smallest absolute Gasteiger partial charge is 0.0406 e. The number of halogens is 2. The molecule has 1 unspecified atom stereocenters. The van der Waals surface area contributed by atoms with Gasteiger partial charge in [0.25, 0.3) is 0 Å². The van der Waals surface area contributed by atoms with Crippen molar-refractivity contribution in [2.24, 2.45) is 0 Å². The van der Waals surface area contributed by atoms with Crippen LogP contribution in [0.2, 0.25) is 0 Å². The lowest BCUT2D eigenvalue weighted by Crippen LogP contribution is -2.26. The van der Waals surface area contributed by atoms with Crippen molar-refractivity contribution in [3.8, 4) is 0 Å². The maximum atomic E-state index is 3.66. The average molecular weight is 383 g/mol. The Balaban J connectivity index is 0.00000288. The maximum Gasteiger partial charge on any atom is 0.0406 e. The summed E-state index contributed by atoms with van der Waals surface area (Å²) in [6, 6.07) is 9.31. The minimum atomic E-state index is 0. The summed E-state index contributed by atoms with van der Waals surface area (Å²) in [6.07, 6.45) is 0. The van der Waals surface area contributed by atoms with Gasteiger partial charge in [0.1, 0.15) is 0 Å². The highest BCUT2D eigenvalue weighted by Crippen LogP contribution is 2.24. The summed E-state index contributed by atoms with van der Waals surface area (Å²) in [4.78, 5) is 0. The fraction of sp³-hybridized carbons (Fsp3) is 0.429. The van der Waals surface area contributed by atoms with Crippen LogP contribution in [0, 0.1) is 41.5 Å². The SMILES string of the molecule is Cc1cc(C)c(NCC(C)Nc2c(C)cc(C)cc2C)c(C)c1.Cl.Cl. The Labute approximate surface area is 165 Å². The van der Waals surface area contributed by atoms with Gasteiger partial charge in [0, 0.05) is 24.0 Å². The van der Waals surface area contributed by atoms with Crippen molar-refractivity contribution in [1.29, 1.82) is 0 Å². The van der Waals surface area contributed by atoms with Crippen LogP contribution in [0.15, 0.2) is 24.3 Å². The van der Waals surface area contributed by atoms with Crippen molar-refractivity contribution in [1.82, 2.24) is 0 Å². The van der Waals surface area contributed by atoms with Crippen LogP contribution in [0.5, 0.6) is 0 Å². The van der Waals surface area contributed by atoms with Gasteiger partial charge in [-0.3, -0.25) is 0 Å². The molecule has 0 aliphatic heterocycles. The number of hydrogen-bond donors (Lipinski definition) is 2. The molecule has 140 valence electrons. The molecule has 2 N–H and O–H groups in total. The number of anilines is 2. The molecule has 0 spiro atoms. The lowest BCUT2D eigenvalue weighted by Gasteiger charge is -2.22. The van der Waals surface area contributed by atoms with Crippen LogP contribution in [0.4, 0.5) is 11.4 Å². The standard InChI is InChI=1S/C21H30N2.2ClH/c1-13-8-15(3)20(16(4)9-13)22-12-19(7)23-21-17(5)10-14(2)11-18(21)6;;/h8-11,19,22-23H,12H2,1-7H3;2*1H. The predicted molar refractivity (Wildman–Crippen MR) is 117 cm³/mol. The molecule has 2 aromatic rings. The number of nitrogens with one attached hydrogen (secondary N) is 2. The van der Waals surface area contributed by atoms with Gasteiger partial charge in [-0.1, -0.05) is 35.4 Å². The minimum Gasteiger partial charge on any atom is -0.383 e. The largest absolute Gasteiger partial charge is 0.383 e. The molecule has 2 rings (SSSR count). The van der Waals surface area contributed by atoms with E-state index in [1.807, 2.05) is 0 Å². The highest BCUT2D eigenvalue weighted by atomic mass is 35.5. The summed E-state index contributed by atoms with van der Waals surface area (Å²) < 4.78 is 0. The molecule has 0 aliphatic carbocycles. The van der Waals surface area contributed by atoms with Crippen molar-refractivity contribution in [2.75, 3.05) is 17.2 Å². The number of hydrogen-bond acceptors (Lipinski definition) is 2. The molecule has 2 nitrogen and oxygen atoms in total. The summed E-state index contributed by atoms with van der Waals surface area (Å²) in [5.41, 5.74) is 10.4. The van der Waals surface area contributed by atoms with Crippen LogP contribution in [0.1, 0.15) is 40.3 Å². The third kappa shape index (κ3) is 6.13. The zero-order valence-corrected chi connectivity index (χ0v) is 18.0. The Morgan fingerprint density at radius 3 is 1.44 bits per heavy atom. The van der Waals surface area contributed by atoms with E-state index < -0.39 is 0 Å². The summed E-state index contributed by atoms with van der Waals surface area (Å²) in [5.74, 6) is 0. The normalized spacial score (nSPS) is 11.2. The first-order valence-electron chi connectivity index (χ1n) is 8.44. The van der Waals surface area contributed by atoms with E-state index in [4.69, 9.17) is 0 Å². The molecule has 25 heavy (non-hydrogen) atoms. The van der Waals surface area contributed by atoms with E-state index in [2.05, 4.69) is 83.4 Å². The molecule has 0 amide bonds. The molecule has 0 fully saturated rings. The summed E-state index contributed by atoms with van der Waals surface area (Å²) in [5, 5.41) is 7.28. The Kier molecular flexibility index (Phi) is 9.39. The Bertz CT molecular complexity index is 665. The zero-order valence-electron chi connectivity index (χ0n) is 16.4. The number of aryl methyl sites for hydroxylation is 6. The van der Waals surface area contributed by atoms with Gasteiger partial charge >= 0.3 is 0 Å². The van der Waals surface area contributed by atoms with E-state index >= 15 is 0 Å². The van der Waals surface area contributed by atoms with Gasteiger partial charge in [-0.25, -0.2) is 0 Å². The van der Waals surface area contributed by atoms with Crippen LogP contribution in [0.25, 0.3) is 0 Å². The van der Waals surface area contributed by atoms with Gasteiger partial charge < -0.3 is 10.6 Å². The van der Waals surface area contributed by atoms with Crippen molar-refractivity contribution in [3.63, 3.8) is 0 Å². The fourth-order valence-electron chi connectivity index (χ4n) is 3.42. The molecule has 0 radical (unpaired) electrons. The van der Waals surface area contributed by atoms with Gasteiger partial charge in [-0.05, 0) is 70.7 Å². The van der Waals surface area contributed by atoms with Crippen LogP contribution < -0.4 is 10.6 Å². The third-order valence-electron chi connectivity index (χ3n) is 4.33. The fourth-order valence-corrected chi connectivity index (χ4v) is 3.42. The van der Waals surface area contributed by atoms with Crippen LogP contribution >= 0.6 is 24.8 Å². The quantitative estimate of drug-likeness (QED) is 0.634. The lowest BCUT2D eigenvalue weighted by atomic mass is 10.0. The lowest BCUT2D eigenvalue weighted by molar-refractivity contribution is 0.830. The maximum absolute atomic E-state index is 3.66. The van der Waals surface area contributed by atoms with E-state index in [-0.39, 0.29) is 24.8 Å². The second kappa shape index (κ2) is 9.94. The topological polar surface area (TPSA) is 24.1 Å². The van der Waals surface area contributed by atoms with Crippen LogP contribution in [0.3, 0.4) is 0 Å². The first-order valence-corrected chi connectivity index (χ1v) is 8.44. The van der Waals surface area contributed by atoms with Crippen molar-refractivity contribution < 1.29 is 0 Å². The monoisotopic (exact) mass is 382 g/mol. The van der Waals surface area contributed by atoms with Crippen molar-refractivity contribution >= 4 is 36.2 Å².